The molecule has 212 valence electrons. The Morgan fingerprint density at radius 3 is 2.71 bits per heavy atom. The molecule has 3 aromatic heterocycles. The van der Waals surface area contributed by atoms with Crippen molar-refractivity contribution in [2.45, 2.75) is 32.6 Å². The molecule has 0 amide bonds. The first-order valence-electron chi connectivity index (χ1n) is 13.3. The number of benzene rings is 2. The minimum Gasteiger partial charge on any atom is -0.464 e. The zero-order valence-electron chi connectivity index (χ0n) is 22.5. The summed E-state index contributed by atoms with van der Waals surface area (Å²) in [6.07, 6.45) is 3.56. The van der Waals surface area contributed by atoms with Gasteiger partial charge in [0.25, 0.3) is 5.56 Å². The second-order valence-electron chi connectivity index (χ2n) is 9.67. The highest BCUT2D eigenvalue weighted by Gasteiger charge is 2.23. The summed E-state index contributed by atoms with van der Waals surface area (Å²) in [6.45, 7) is 3.52. The van der Waals surface area contributed by atoms with Gasteiger partial charge in [0.05, 0.1) is 36.6 Å². The summed E-state index contributed by atoms with van der Waals surface area (Å²) in [5.41, 5.74) is 2.30. The first-order valence-corrected chi connectivity index (χ1v) is 13.3. The molecule has 0 bridgehead atoms. The van der Waals surface area contributed by atoms with E-state index >= 15 is 0 Å². The van der Waals surface area contributed by atoms with Crippen molar-refractivity contribution < 1.29 is 23.0 Å². The van der Waals surface area contributed by atoms with E-state index in [1.54, 1.807) is 12.3 Å². The summed E-state index contributed by atoms with van der Waals surface area (Å²) < 4.78 is 44.6. The summed E-state index contributed by atoms with van der Waals surface area (Å²) in [4.78, 5) is 22.8. The highest BCUT2D eigenvalue weighted by Crippen LogP contribution is 2.28. The Bertz CT molecular complexity index is 1750. The van der Waals surface area contributed by atoms with Crippen LogP contribution >= 0.6 is 0 Å². The summed E-state index contributed by atoms with van der Waals surface area (Å²) in [6, 6.07) is 13.4. The number of fused-ring (bicyclic) bond motifs is 2. The Labute approximate surface area is 233 Å². The van der Waals surface area contributed by atoms with Gasteiger partial charge in [-0.05, 0) is 61.9 Å². The van der Waals surface area contributed by atoms with Crippen molar-refractivity contribution >= 4 is 21.9 Å². The van der Waals surface area contributed by atoms with Gasteiger partial charge in [-0.3, -0.25) is 14.0 Å². The smallest absolute Gasteiger partial charge is 0.387 e. The van der Waals surface area contributed by atoms with Gasteiger partial charge in [-0.25, -0.2) is 4.98 Å². The maximum Gasteiger partial charge on any atom is 0.387 e. The number of hydrogen-bond donors (Lipinski definition) is 1. The van der Waals surface area contributed by atoms with Crippen LogP contribution in [-0.4, -0.2) is 63.3 Å². The van der Waals surface area contributed by atoms with E-state index in [-0.39, 0.29) is 29.5 Å². The van der Waals surface area contributed by atoms with E-state index in [4.69, 9.17) is 14.6 Å². The van der Waals surface area contributed by atoms with Gasteiger partial charge in [-0.1, -0.05) is 6.07 Å². The van der Waals surface area contributed by atoms with Gasteiger partial charge in [0.2, 0.25) is 0 Å². The standard InChI is InChI=1S/C29H28F2N6O4/c1-3-39-29-33-14-19-13-23(27(38)37(26(19)34-29)21-5-7-22(8-6-21)41-28(30)31)18-4-9-24-20(12-18)16-36(35-24)17(2)25-15-32-10-11-40-25/h4-9,12-14,16-17,25,28,32H,3,10-11,15H2,1-2H3. The average Bonchev–Trinajstić information content (AvgIpc) is 3.41. The Balaban J connectivity index is 1.45. The number of ether oxygens (including phenoxy) is 3. The van der Waals surface area contributed by atoms with Crippen molar-refractivity contribution in [3.8, 4) is 28.6 Å². The van der Waals surface area contributed by atoms with Crippen LogP contribution in [0.2, 0.25) is 0 Å². The fourth-order valence-electron chi connectivity index (χ4n) is 4.99. The third-order valence-corrected chi connectivity index (χ3v) is 7.06. The first-order chi connectivity index (χ1) is 19.9. The molecular weight excluding hydrogens is 534 g/mol. The highest BCUT2D eigenvalue weighted by molar-refractivity contribution is 5.87. The van der Waals surface area contributed by atoms with E-state index in [1.165, 1.54) is 28.8 Å². The Kier molecular flexibility index (Phi) is 7.33. The van der Waals surface area contributed by atoms with E-state index < -0.39 is 6.61 Å². The van der Waals surface area contributed by atoms with Crippen LogP contribution in [0.4, 0.5) is 8.78 Å². The normalized spacial score (nSPS) is 16.4. The van der Waals surface area contributed by atoms with Crippen molar-refractivity contribution in [3.63, 3.8) is 0 Å². The summed E-state index contributed by atoms with van der Waals surface area (Å²) in [7, 11) is 0. The molecule has 10 nitrogen and oxygen atoms in total. The topological polar surface area (TPSA) is 105 Å². The van der Waals surface area contributed by atoms with Crippen molar-refractivity contribution in [3.05, 3.63) is 71.3 Å². The molecule has 1 fully saturated rings. The zero-order chi connectivity index (χ0) is 28.5. The number of nitrogens with zero attached hydrogens (tertiary/aromatic N) is 5. The average molecular weight is 563 g/mol. The minimum absolute atomic E-state index is 0.00397. The molecule has 0 spiro atoms. The van der Waals surface area contributed by atoms with Crippen LogP contribution < -0.4 is 20.3 Å². The molecule has 2 atom stereocenters. The number of nitrogens with one attached hydrogen (secondary N) is 1. The summed E-state index contributed by atoms with van der Waals surface area (Å²) >= 11 is 0. The lowest BCUT2D eigenvalue weighted by molar-refractivity contribution is -0.0498. The number of aromatic nitrogens is 5. The van der Waals surface area contributed by atoms with Crippen molar-refractivity contribution in [1.29, 1.82) is 0 Å². The van der Waals surface area contributed by atoms with Gasteiger partial charge in [0.15, 0.2) is 5.65 Å². The number of hydrogen-bond acceptors (Lipinski definition) is 8. The molecule has 12 heteroatoms. The van der Waals surface area contributed by atoms with E-state index in [0.717, 1.165) is 24.0 Å². The number of halogens is 2. The SMILES string of the molecule is CCOc1ncc2cc(-c3ccc4nn(C(C)C5CNCCO5)cc4c3)c(=O)n(-c3ccc(OC(F)F)cc3)c2n1. The van der Waals surface area contributed by atoms with E-state index in [2.05, 4.69) is 26.9 Å². The molecule has 41 heavy (non-hydrogen) atoms. The Hall–Kier alpha value is -4.42. The summed E-state index contributed by atoms with van der Waals surface area (Å²) in [5, 5.41) is 9.57. The quantitative estimate of drug-likeness (QED) is 0.298. The van der Waals surface area contributed by atoms with Crippen LogP contribution in [0.5, 0.6) is 11.8 Å². The molecule has 2 aromatic carbocycles. The molecule has 0 saturated carbocycles. The molecule has 4 heterocycles. The molecule has 1 aliphatic rings. The lowest BCUT2D eigenvalue weighted by atomic mass is 10.0. The van der Waals surface area contributed by atoms with E-state index in [1.807, 2.05) is 36.0 Å². The van der Waals surface area contributed by atoms with Crippen molar-refractivity contribution in [1.82, 2.24) is 29.6 Å². The van der Waals surface area contributed by atoms with Gasteiger partial charge in [-0.15, -0.1) is 0 Å². The fourth-order valence-corrected chi connectivity index (χ4v) is 4.99. The minimum atomic E-state index is -2.96. The van der Waals surface area contributed by atoms with Gasteiger partial charge < -0.3 is 19.5 Å². The second kappa shape index (κ2) is 11.2. The van der Waals surface area contributed by atoms with Crippen molar-refractivity contribution in [2.75, 3.05) is 26.3 Å². The van der Waals surface area contributed by atoms with Crippen LogP contribution in [-0.2, 0) is 4.74 Å². The first kappa shape index (κ1) is 26.8. The Morgan fingerprint density at radius 2 is 1.98 bits per heavy atom. The number of pyridine rings is 1. The van der Waals surface area contributed by atoms with Crippen molar-refractivity contribution in [2.24, 2.45) is 0 Å². The van der Waals surface area contributed by atoms with Crippen LogP contribution in [0, 0.1) is 0 Å². The van der Waals surface area contributed by atoms with Gasteiger partial charge >= 0.3 is 12.6 Å². The van der Waals surface area contributed by atoms with Gasteiger partial charge in [0.1, 0.15) is 5.75 Å². The highest BCUT2D eigenvalue weighted by atomic mass is 19.3. The van der Waals surface area contributed by atoms with E-state index in [0.29, 0.717) is 41.1 Å². The van der Waals surface area contributed by atoms with Gasteiger partial charge in [-0.2, -0.15) is 18.9 Å². The molecule has 2 unspecified atom stereocenters. The largest absolute Gasteiger partial charge is 0.464 e. The predicted octanol–water partition coefficient (Wildman–Crippen LogP) is 4.35. The monoisotopic (exact) mass is 562 g/mol. The molecule has 0 radical (unpaired) electrons. The lowest BCUT2D eigenvalue weighted by Gasteiger charge is -2.28. The maximum atomic E-state index is 14.0. The van der Waals surface area contributed by atoms with Gasteiger partial charge in [0, 0.05) is 41.8 Å². The zero-order valence-corrected chi connectivity index (χ0v) is 22.5. The Morgan fingerprint density at radius 1 is 1.15 bits per heavy atom. The second-order valence-corrected chi connectivity index (χ2v) is 9.67. The number of alkyl halides is 2. The van der Waals surface area contributed by atoms with E-state index in [9.17, 15) is 13.6 Å². The number of morpholine rings is 1. The number of rotatable bonds is 8. The molecule has 1 aliphatic heterocycles. The van der Waals surface area contributed by atoms with Crippen LogP contribution in [0.25, 0.3) is 38.8 Å². The fraction of sp³-hybridized carbons (Fsp3) is 0.310. The lowest BCUT2D eigenvalue weighted by Crippen LogP contribution is -2.42. The van der Waals surface area contributed by atoms with Crippen LogP contribution in [0.3, 0.4) is 0 Å². The molecule has 5 aromatic rings. The van der Waals surface area contributed by atoms with Crippen LogP contribution in [0.15, 0.2) is 65.7 Å². The molecule has 1 saturated heterocycles. The maximum absolute atomic E-state index is 14.0. The predicted molar refractivity (Wildman–Crippen MR) is 149 cm³/mol. The third kappa shape index (κ3) is 5.35. The molecule has 0 aliphatic carbocycles. The summed E-state index contributed by atoms with van der Waals surface area (Å²) in [5.74, 6) is -0.0204. The molecular formula is C29H28F2N6O4. The third-order valence-electron chi connectivity index (χ3n) is 7.06. The molecule has 6 rings (SSSR count). The molecule has 1 N–H and O–H groups in total. The van der Waals surface area contributed by atoms with Crippen LogP contribution in [0.1, 0.15) is 19.9 Å².